The van der Waals surface area contributed by atoms with Gasteiger partial charge in [-0.15, -0.1) is 0 Å². The lowest BCUT2D eigenvalue weighted by atomic mass is 10.1. The molecule has 0 aliphatic heterocycles. The van der Waals surface area contributed by atoms with Crippen molar-refractivity contribution in [3.63, 3.8) is 0 Å². The second-order valence-electron chi connectivity index (χ2n) is 5.74. The maximum atomic E-state index is 12.4. The van der Waals surface area contributed by atoms with Gasteiger partial charge in [0.15, 0.2) is 0 Å². The van der Waals surface area contributed by atoms with Crippen LogP contribution < -0.4 is 5.32 Å². The highest BCUT2D eigenvalue weighted by molar-refractivity contribution is 5.96. The van der Waals surface area contributed by atoms with E-state index in [4.69, 9.17) is 4.52 Å². The first-order chi connectivity index (χ1) is 12.7. The Kier molecular flexibility index (Phi) is 4.14. The Hall–Kier alpha value is -3.55. The smallest absolute Gasteiger partial charge is 0.257 e. The molecule has 1 amide bonds. The number of hydrogen-bond acceptors (Lipinski definition) is 6. The second-order valence-corrected chi connectivity index (χ2v) is 5.74. The van der Waals surface area contributed by atoms with E-state index in [-0.39, 0.29) is 5.91 Å². The summed E-state index contributed by atoms with van der Waals surface area (Å²) in [4.78, 5) is 24.9. The van der Waals surface area contributed by atoms with Crippen LogP contribution in [0, 0.1) is 0 Å². The minimum absolute atomic E-state index is 0.207. The number of aryl methyl sites for hydroxylation is 1. The summed E-state index contributed by atoms with van der Waals surface area (Å²) in [6, 6.07) is 5.55. The molecule has 0 aliphatic carbocycles. The van der Waals surface area contributed by atoms with E-state index in [1.165, 1.54) is 6.20 Å². The Morgan fingerprint density at radius 2 is 2.19 bits per heavy atom. The topological polar surface area (TPSA) is 98.7 Å². The van der Waals surface area contributed by atoms with Crippen molar-refractivity contribution in [2.24, 2.45) is 0 Å². The number of fused-ring (bicyclic) bond motifs is 1. The first kappa shape index (κ1) is 15.9. The van der Waals surface area contributed by atoms with Crippen molar-refractivity contribution in [3.05, 3.63) is 66.1 Å². The lowest BCUT2D eigenvalue weighted by molar-refractivity contribution is 0.0950. The molecule has 0 saturated carbocycles. The van der Waals surface area contributed by atoms with Crippen LogP contribution in [0.5, 0.6) is 0 Å². The Morgan fingerprint density at radius 3 is 2.92 bits per heavy atom. The predicted octanol–water partition coefficient (Wildman–Crippen LogP) is 2.30. The molecule has 8 nitrogen and oxygen atoms in total. The van der Waals surface area contributed by atoms with Gasteiger partial charge in [0.05, 0.1) is 16.6 Å². The third-order valence-corrected chi connectivity index (χ3v) is 4.03. The number of carbonyl (C=O) groups excluding carboxylic acids is 1. The van der Waals surface area contributed by atoms with Crippen LogP contribution in [0.4, 0.5) is 0 Å². The average Bonchev–Trinajstić information content (AvgIpc) is 3.35. The van der Waals surface area contributed by atoms with Gasteiger partial charge in [0.2, 0.25) is 0 Å². The molecule has 0 bridgehead atoms. The van der Waals surface area contributed by atoms with Crippen molar-refractivity contribution in [1.29, 1.82) is 0 Å². The summed E-state index contributed by atoms with van der Waals surface area (Å²) in [6.07, 6.45) is 9.13. The first-order valence-electron chi connectivity index (χ1n) is 8.20. The van der Waals surface area contributed by atoms with Crippen LogP contribution in [-0.4, -0.2) is 30.6 Å². The van der Waals surface area contributed by atoms with E-state index in [9.17, 15) is 4.79 Å². The second kappa shape index (κ2) is 6.75. The molecule has 0 spiro atoms. The molecule has 4 rings (SSSR count). The molecule has 0 saturated heterocycles. The van der Waals surface area contributed by atoms with Crippen LogP contribution in [0.3, 0.4) is 0 Å². The summed E-state index contributed by atoms with van der Waals surface area (Å²) >= 11 is 0. The van der Waals surface area contributed by atoms with Crippen molar-refractivity contribution >= 4 is 17.0 Å². The number of hydrogen-bond donors (Lipinski definition) is 1. The van der Waals surface area contributed by atoms with Gasteiger partial charge in [-0.05, 0) is 24.1 Å². The van der Waals surface area contributed by atoms with Crippen LogP contribution in [0.15, 0.2) is 53.8 Å². The van der Waals surface area contributed by atoms with Gasteiger partial charge in [0.1, 0.15) is 12.1 Å². The van der Waals surface area contributed by atoms with Gasteiger partial charge in [-0.3, -0.25) is 9.36 Å². The summed E-state index contributed by atoms with van der Waals surface area (Å²) in [5.74, 6) is 0.563. The van der Waals surface area contributed by atoms with E-state index in [1.54, 1.807) is 24.8 Å². The molecule has 1 N–H and O–H groups in total. The predicted molar refractivity (Wildman–Crippen MR) is 93.7 cm³/mol. The number of nitrogens with one attached hydrogen (secondary N) is 1. The van der Waals surface area contributed by atoms with Gasteiger partial charge in [-0.1, -0.05) is 18.1 Å². The Labute approximate surface area is 148 Å². The van der Waals surface area contributed by atoms with Gasteiger partial charge < -0.3 is 9.84 Å². The zero-order valence-electron chi connectivity index (χ0n) is 14.1. The van der Waals surface area contributed by atoms with Crippen molar-refractivity contribution in [1.82, 2.24) is 30.0 Å². The largest absolute Gasteiger partial charge is 0.348 e. The van der Waals surface area contributed by atoms with E-state index >= 15 is 0 Å². The summed E-state index contributed by atoms with van der Waals surface area (Å²) in [6.45, 7) is 2.35. The molecule has 4 heterocycles. The van der Waals surface area contributed by atoms with Gasteiger partial charge in [0, 0.05) is 31.3 Å². The Balaban J connectivity index is 1.45. The molecule has 0 fully saturated rings. The number of aromatic nitrogens is 5. The van der Waals surface area contributed by atoms with Crippen LogP contribution >= 0.6 is 0 Å². The van der Waals surface area contributed by atoms with E-state index in [0.717, 1.165) is 22.5 Å². The van der Waals surface area contributed by atoms with Gasteiger partial charge in [-0.2, -0.15) is 0 Å². The number of amides is 1. The molecular formula is C18H16N6O2. The molecule has 130 valence electrons. The minimum Gasteiger partial charge on any atom is -0.348 e. The molecule has 4 aromatic heterocycles. The van der Waals surface area contributed by atoms with Crippen molar-refractivity contribution < 1.29 is 9.32 Å². The zero-order valence-corrected chi connectivity index (χ0v) is 14.1. The molecule has 0 atom stereocenters. The number of nitrogens with zero attached hydrogens (tertiary/aromatic N) is 5. The Bertz CT molecular complexity index is 1040. The zero-order chi connectivity index (χ0) is 17.9. The van der Waals surface area contributed by atoms with E-state index in [0.29, 0.717) is 24.2 Å². The third-order valence-electron chi connectivity index (χ3n) is 4.03. The van der Waals surface area contributed by atoms with Crippen molar-refractivity contribution in [3.8, 4) is 5.82 Å². The summed E-state index contributed by atoms with van der Waals surface area (Å²) in [7, 11) is 0. The van der Waals surface area contributed by atoms with Crippen LogP contribution in [0.1, 0.15) is 28.5 Å². The van der Waals surface area contributed by atoms with Crippen LogP contribution in [-0.2, 0) is 13.0 Å². The first-order valence-corrected chi connectivity index (χ1v) is 8.20. The number of imidazole rings is 1. The van der Waals surface area contributed by atoms with Crippen LogP contribution in [0.25, 0.3) is 16.9 Å². The fraction of sp³-hybridized carbons (Fsp3) is 0.167. The van der Waals surface area contributed by atoms with Crippen molar-refractivity contribution in [2.75, 3.05) is 0 Å². The highest BCUT2D eigenvalue weighted by atomic mass is 16.5. The average molecular weight is 348 g/mol. The fourth-order valence-corrected chi connectivity index (χ4v) is 2.61. The minimum atomic E-state index is -0.207. The SMILES string of the molecule is CCc1noc2ncc(C(=O)NCc3ccc(-n4ccnc4)nc3)cc12. The third kappa shape index (κ3) is 3.04. The molecule has 0 unspecified atom stereocenters. The van der Waals surface area contributed by atoms with Gasteiger partial charge in [-0.25, -0.2) is 15.0 Å². The van der Waals surface area contributed by atoms with Gasteiger partial charge in [0.25, 0.3) is 11.6 Å². The van der Waals surface area contributed by atoms with E-state index in [1.807, 2.05) is 29.8 Å². The normalized spacial score (nSPS) is 11.0. The molecule has 0 aromatic carbocycles. The maximum absolute atomic E-state index is 12.4. The lowest BCUT2D eigenvalue weighted by Crippen LogP contribution is -2.23. The Morgan fingerprint density at radius 1 is 1.27 bits per heavy atom. The monoisotopic (exact) mass is 348 g/mol. The lowest BCUT2D eigenvalue weighted by Gasteiger charge is -2.06. The standard InChI is InChI=1S/C18H16N6O2/c1-2-15-14-7-13(10-22-18(14)26-23-15)17(25)21-9-12-3-4-16(20-8-12)24-6-5-19-11-24/h3-8,10-11H,2,9H2,1H3,(H,21,25). The van der Waals surface area contributed by atoms with Crippen molar-refractivity contribution in [2.45, 2.75) is 19.9 Å². The fourth-order valence-electron chi connectivity index (χ4n) is 2.61. The highest BCUT2D eigenvalue weighted by Gasteiger charge is 2.12. The number of rotatable bonds is 5. The molecule has 4 aromatic rings. The molecule has 8 heteroatoms. The van der Waals surface area contributed by atoms with E-state index in [2.05, 4.69) is 25.4 Å². The molecule has 26 heavy (non-hydrogen) atoms. The molecular weight excluding hydrogens is 332 g/mol. The highest BCUT2D eigenvalue weighted by Crippen LogP contribution is 2.18. The summed E-state index contributed by atoms with van der Waals surface area (Å²) < 4.78 is 6.95. The van der Waals surface area contributed by atoms with Gasteiger partial charge >= 0.3 is 0 Å². The summed E-state index contributed by atoms with van der Waals surface area (Å²) in [5.41, 5.74) is 2.60. The number of carbonyl (C=O) groups is 1. The maximum Gasteiger partial charge on any atom is 0.257 e. The molecule has 0 aliphatic rings. The quantitative estimate of drug-likeness (QED) is 0.594. The van der Waals surface area contributed by atoms with E-state index < -0.39 is 0 Å². The van der Waals surface area contributed by atoms with Crippen LogP contribution in [0.2, 0.25) is 0 Å². The molecule has 0 radical (unpaired) electrons. The number of pyridine rings is 2. The summed E-state index contributed by atoms with van der Waals surface area (Å²) in [5, 5.41) is 7.60.